The molecule has 1 aliphatic heterocycles. The number of carboxylic acids is 1. The summed E-state index contributed by atoms with van der Waals surface area (Å²) in [5.41, 5.74) is 1.28. The number of hydrogen-bond acceptors (Lipinski definition) is 7. The number of pyridine rings is 1. The van der Waals surface area contributed by atoms with Crippen LogP contribution in [0.15, 0.2) is 29.2 Å². The summed E-state index contributed by atoms with van der Waals surface area (Å²) in [7, 11) is 1.60. The molecular weight excluding hydrogens is 466 g/mol. The molecule has 1 aromatic heterocycles. The molecule has 1 aromatic carbocycles. The molecular formula is C27H31NO8. The number of ether oxygens (including phenoxy) is 3. The number of carbonyl (C=O) groups is 3. The molecule has 1 N–H and O–H groups in total. The van der Waals surface area contributed by atoms with Gasteiger partial charge in [0, 0.05) is 49.9 Å². The third kappa shape index (κ3) is 5.36. The minimum atomic E-state index is -1.28. The summed E-state index contributed by atoms with van der Waals surface area (Å²) in [6.45, 7) is 4.58. The maximum absolute atomic E-state index is 13.1. The van der Waals surface area contributed by atoms with E-state index < -0.39 is 17.4 Å². The number of Topliss-reactive ketones (excluding diaryl/α,β-unsaturated/α-hetero) is 1. The van der Waals surface area contributed by atoms with Gasteiger partial charge in [0.15, 0.2) is 17.8 Å². The molecule has 0 radical (unpaired) electrons. The zero-order chi connectivity index (χ0) is 26.0. The smallest absolute Gasteiger partial charge is 0.342 e. The fourth-order valence-corrected chi connectivity index (χ4v) is 4.51. The number of aromatic nitrogens is 1. The Morgan fingerprint density at radius 2 is 1.86 bits per heavy atom. The zero-order valence-corrected chi connectivity index (χ0v) is 20.7. The Bertz CT molecular complexity index is 1240. The second kappa shape index (κ2) is 10.7. The normalized spacial score (nSPS) is 16.3. The van der Waals surface area contributed by atoms with Gasteiger partial charge >= 0.3 is 11.9 Å². The van der Waals surface area contributed by atoms with Gasteiger partial charge in [-0.05, 0) is 42.9 Å². The molecule has 2 aliphatic rings. The fraction of sp³-hybridized carbons (Fsp3) is 0.481. The summed E-state index contributed by atoms with van der Waals surface area (Å²) in [5, 5.41) is 9.48. The van der Waals surface area contributed by atoms with Crippen molar-refractivity contribution in [2.75, 3.05) is 26.9 Å². The van der Waals surface area contributed by atoms with E-state index in [1.807, 2.05) is 18.4 Å². The zero-order valence-electron chi connectivity index (χ0n) is 20.7. The predicted octanol–water partition coefficient (Wildman–Crippen LogP) is 3.52. The Morgan fingerprint density at radius 1 is 1.11 bits per heavy atom. The Morgan fingerprint density at radius 3 is 2.50 bits per heavy atom. The van der Waals surface area contributed by atoms with Crippen molar-refractivity contribution in [2.45, 2.75) is 45.6 Å². The van der Waals surface area contributed by atoms with Crippen LogP contribution >= 0.6 is 0 Å². The summed E-state index contributed by atoms with van der Waals surface area (Å²) < 4.78 is 18.2. The molecule has 2 heterocycles. The second-order valence-corrected chi connectivity index (χ2v) is 9.68. The van der Waals surface area contributed by atoms with Crippen LogP contribution in [-0.2, 0) is 20.7 Å². The molecule has 2 aromatic rings. The lowest BCUT2D eigenvalue weighted by Gasteiger charge is -2.34. The Hall–Kier alpha value is -3.46. The third-order valence-corrected chi connectivity index (χ3v) is 6.70. The van der Waals surface area contributed by atoms with Crippen LogP contribution < -0.4 is 10.2 Å². The molecule has 0 saturated heterocycles. The predicted molar refractivity (Wildman–Crippen MR) is 131 cm³/mol. The Kier molecular flexibility index (Phi) is 7.59. The largest absolute Gasteiger partial charge is 0.493 e. The van der Waals surface area contributed by atoms with Gasteiger partial charge in [0.05, 0.1) is 12.3 Å². The molecule has 0 spiro atoms. The molecule has 1 unspecified atom stereocenters. The number of aromatic carboxylic acids is 1. The van der Waals surface area contributed by atoms with Crippen LogP contribution in [0.3, 0.4) is 0 Å². The minimum Gasteiger partial charge on any atom is -0.493 e. The highest BCUT2D eigenvalue weighted by Crippen LogP contribution is 2.40. The van der Waals surface area contributed by atoms with Gasteiger partial charge in [-0.2, -0.15) is 0 Å². The van der Waals surface area contributed by atoms with E-state index >= 15 is 0 Å². The molecule has 1 aliphatic carbocycles. The molecule has 9 nitrogen and oxygen atoms in total. The van der Waals surface area contributed by atoms with E-state index in [0.717, 1.165) is 18.4 Å². The molecule has 9 heteroatoms. The number of fused-ring (bicyclic) bond motifs is 3. The lowest BCUT2D eigenvalue weighted by Crippen LogP contribution is -2.28. The summed E-state index contributed by atoms with van der Waals surface area (Å²) in [6.07, 6.45) is 4.21. The second-order valence-electron chi connectivity index (χ2n) is 9.68. The number of rotatable bonds is 11. The number of esters is 1. The van der Waals surface area contributed by atoms with Crippen LogP contribution in [0.25, 0.3) is 11.3 Å². The van der Waals surface area contributed by atoms with Crippen molar-refractivity contribution in [2.24, 2.45) is 11.8 Å². The highest BCUT2D eigenvalue weighted by Gasteiger charge is 2.32. The van der Waals surface area contributed by atoms with Crippen molar-refractivity contribution in [3.63, 3.8) is 0 Å². The van der Waals surface area contributed by atoms with E-state index in [9.17, 15) is 24.3 Å². The van der Waals surface area contributed by atoms with Gasteiger partial charge in [0.2, 0.25) is 0 Å². The van der Waals surface area contributed by atoms with Crippen molar-refractivity contribution < 1.29 is 33.7 Å². The van der Waals surface area contributed by atoms with E-state index in [-0.39, 0.29) is 41.4 Å². The van der Waals surface area contributed by atoms with Crippen molar-refractivity contribution in [1.29, 1.82) is 0 Å². The first-order valence-corrected chi connectivity index (χ1v) is 12.2. The van der Waals surface area contributed by atoms with Crippen molar-refractivity contribution in [3.05, 3.63) is 51.3 Å². The fourth-order valence-electron chi connectivity index (χ4n) is 4.51. The average Bonchev–Trinajstić information content (AvgIpc) is 3.69. The van der Waals surface area contributed by atoms with E-state index in [1.165, 1.54) is 12.3 Å². The SMILES string of the molecule is COCCCOc1cc2c(cc1C(=O)OCC(=O)C1CC1)-c1cc(=O)c(C(=O)O)cn1C(C(C)C)C2. The van der Waals surface area contributed by atoms with Gasteiger partial charge in [0.1, 0.15) is 16.9 Å². The average molecular weight is 498 g/mol. The van der Waals surface area contributed by atoms with Gasteiger partial charge in [-0.15, -0.1) is 0 Å². The molecule has 4 rings (SSSR count). The van der Waals surface area contributed by atoms with Crippen LogP contribution in [0, 0.1) is 11.8 Å². The standard InChI is InChI=1S/C27H31NO8/c1-15(2)21-9-17-10-25(35-8-4-7-34-3)19(27(33)36-14-24(30)16-5-6-16)11-18(17)22-12-23(29)20(26(31)32)13-28(21)22/h10-13,15-16,21H,4-9,14H2,1-3H3,(H,31,32). The number of hydrogen-bond donors (Lipinski definition) is 1. The summed E-state index contributed by atoms with van der Waals surface area (Å²) in [6, 6.07) is 4.62. The Labute approximate surface area is 209 Å². The monoisotopic (exact) mass is 497 g/mol. The van der Waals surface area contributed by atoms with E-state index in [1.54, 1.807) is 19.2 Å². The quantitative estimate of drug-likeness (QED) is 0.370. The number of ketones is 1. The van der Waals surface area contributed by atoms with Crippen molar-refractivity contribution in [1.82, 2.24) is 4.57 Å². The lowest BCUT2D eigenvalue weighted by molar-refractivity contribution is -0.123. The molecule has 0 bridgehead atoms. The van der Waals surface area contributed by atoms with Crippen molar-refractivity contribution in [3.8, 4) is 17.0 Å². The van der Waals surface area contributed by atoms with Crippen LogP contribution in [0.2, 0.25) is 0 Å². The molecule has 0 amide bonds. The highest BCUT2D eigenvalue weighted by molar-refractivity contribution is 5.96. The molecule has 192 valence electrons. The van der Waals surface area contributed by atoms with E-state index in [4.69, 9.17) is 14.2 Å². The maximum atomic E-state index is 13.1. The van der Waals surface area contributed by atoms with Crippen LogP contribution in [0.5, 0.6) is 5.75 Å². The van der Waals surface area contributed by atoms with Crippen LogP contribution in [0.1, 0.15) is 65.4 Å². The highest BCUT2D eigenvalue weighted by atomic mass is 16.5. The first-order valence-electron chi connectivity index (χ1n) is 12.2. The van der Waals surface area contributed by atoms with Crippen LogP contribution in [-0.4, -0.2) is 54.3 Å². The van der Waals surface area contributed by atoms with Crippen molar-refractivity contribution >= 4 is 17.7 Å². The third-order valence-electron chi connectivity index (χ3n) is 6.70. The summed E-state index contributed by atoms with van der Waals surface area (Å²) in [5.74, 6) is -1.61. The Balaban J connectivity index is 1.76. The topological polar surface area (TPSA) is 121 Å². The van der Waals surface area contributed by atoms with Gasteiger partial charge in [-0.25, -0.2) is 9.59 Å². The summed E-state index contributed by atoms with van der Waals surface area (Å²) >= 11 is 0. The molecule has 1 fully saturated rings. The summed E-state index contributed by atoms with van der Waals surface area (Å²) in [4.78, 5) is 49.4. The first-order chi connectivity index (χ1) is 17.2. The van der Waals surface area contributed by atoms with Crippen LogP contribution in [0.4, 0.5) is 0 Å². The number of benzene rings is 1. The maximum Gasteiger partial charge on any atom is 0.342 e. The van der Waals surface area contributed by atoms with Gasteiger partial charge in [-0.1, -0.05) is 13.8 Å². The van der Waals surface area contributed by atoms with Gasteiger partial charge < -0.3 is 23.9 Å². The van der Waals surface area contributed by atoms with Gasteiger partial charge in [-0.3, -0.25) is 9.59 Å². The number of methoxy groups -OCH3 is 1. The minimum absolute atomic E-state index is 0.0266. The number of carboxylic acid groups (broad SMARTS) is 1. The van der Waals surface area contributed by atoms with E-state index in [0.29, 0.717) is 43.1 Å². The molecule has 1 saturated carbocycles. The first kappa shape index (κ1) is 25.6. The number of carbonyl (C=O) groups excluding carboxylic acids is 2. The lowest BCUT2D eigenvalue weighted by atomic mass is 9.86. The number of nitrogens with zero attached hydrogens (tertiary/aromatic N) is 1. The molecule has 36 heavy (non-hydrogen) atoms. The van der Waals surface area contributed by atoms with Gasteiger partial charge in [0.25, 0.3) is 0 Å². The molecule has 1 atom stereocenters. The van der Waals surface area contributed by atoms with E-state index in [2.05, 4.69) is 0 Å².